The minimum atomic E-state index is -3.07. The zero-order valence-corrected chi connectivity index (χ0v) is 7.54. The first-order valence-electron chi connectivity index (χ1n) is 3.11. The van der Waals surface area contributed by atoms with E-state index in [1.807, 2.05) is 0 Å². The summed E-state index contributed by atoms with van der Waals surface area (Å²) in [7, 11) is -1.99. The van der Waals surface area contributed by atoms with Gasteiger partial charge in [-0.2, -0.15) is 0 Å². The van der Waals surface area contributed by atoms with Gasteiger partial charge in [-0.05, 0) is 0 Å². The van der Waals surface area contributed by atoms with Crippen LogP contribution in [0.5, 0.6) is 0 Å². The molecule has 0 saturated carbocycles. The average molecular weight is 193 g/mol. The second kappa shape index (κ2) is 4.22. The van der Waals surface area contributed by atoms with Crippen molar-refractivity contribution in [1.29, 1.82) is 0 Å². The van der Waals surface area contributed by atoms with Gasteiger partial charge in [0.15, 0.2) is 10.7 Å². The van der Waals surface area contributed by atoms with Crippen molar-refractivity contribution in [2.45, 2.75) is 11.3 Å². The number of rotatable bonds is 4. The summed E-state index contributed by atoms with van der Waals surface area (Å²) in [6.45, 7) is 3.29. The fraction of sp³-hybridized carbons (Fsp3) is 0.500. The Kier molecular flexibility index (Phi) is 3.91. The van der Waals surface area contributed by atoms with Crippen LogP contribution in [0.4, 0.5) is 0 Å². The third-order valence-electron chi connectivity index (χ3n) is 1.32. The molecule has 0 amide bonds. The first-order valence-corrected chi connectivity index (χ1v) is 4.29. The summed E-state index contributed by atoms with van der Waals surface area (Å²) in [6, 6.07) is 0. The van der Waals surface area contributed by atoms with Crippen LogP contribution in [-0.2, 0) is 20.2 Å². The van der Waals surface area contributed by atoms with Crippen LogP contribution in [0.2, 0.25) is 0 Å². The summed E-state index contributed by atoms with van der Waals surface area (Å²) in [5.74, 6) is -0.974. The Balaban J connectivity index is 4.85. The van der Waals surface area contributed by atoms with Crippen molar-refractivity contribution in [2.75, 3.05) is 7.11 Å². The topological polar surface area (TPSA) is 86.5 Å². The first-order chi connectivity index (χ1) is 5.49. The van der Waals surface area contributed by atoms with Gasteiger partial charge in [-0.15, -0.1) is 6.58 Å². The van der Waals surface area contributed by atoms with Gasteiger partial charge >= 0.3 is 5.97 Å². The normalized spacial score (nSPS) is 15.2. The van der Waals surface area contributed by atoms with E-state index in [0.717, 1.165) is 7.11 Å². The molecule has 0 aliphatic carbocycles. The van der Waals surface area contributed by atoms with E-state index in [2.05, 4.69) is 11.3 Å². The zero-order chi connectivity index (χ0) is 9.78. The van der Waals surface area contributed by atoms with Crippen LogP contribution in [0.15, 0.2) is 12.7 Å². The average Bonchev–Trinajstić information content (AvgIpc) is 2.03. The molecule has 0 aliphatic rings. The van der Waals surface area contributed by atoms with E-state index in [0.29, 0.717) is 0 Å². The summed E-state index contributed by atoms with van der Waals surface area (Å²) in [4.78, 5) is 8.92. The second-order valence-corrected chi connectivity index (χ2v) is 3.48. The van der Waals surface area contributed by atoms with Crippen LogP contribution in [0.1, 0.15) is 6.42 Å². The Labute approximate surface area is 72.1 Å². The molecule has 1 unspecified atom stereocenters. The molecule has 0 heterocycles. The van der Waals surface area contributed by atoms with Crippen molar-refractivity contribution in [3.05, 3.63) is 12.7 Å². The molecule has 2 N–H and O–H groups in total. The summed E-state index contributed by atoms with van der Waals surface area (Å²) >= 11 is 0. The fourth-order valence-corrected chi connectivity index (χ4v) is 1.15. The largest absolute Gasteiger partial charge is 0.467 e. The number of methoxy groups -OCH3 is 1. The number of hydrogen-bond donors (Lipinski definition) is 2. The molecule has 0 spiro atoms. The molecule has 1 atom stereocenters. The molecule has 0 bridgehead atoms. The highest BCUT2D eigenvalue weighted by atomic mass is 32.2. The van der Waals surface area contributed by atoms with Gasteiger partial charge < -0.3 is 10.5 Å². The minimum Gasteiger partial charge on any atom is -0.467 e. The number of carbonyl (C=O) groups excluding carboxylic acids is 1. The number of thiol groups is 1. The SMILES string of the molecule is C=CCC(N)(C(=O)OC)[SH](=O)=O. The molecular weight excluding hydrogens is 182 g/mol. The van der Waals surface area contributed by atoms with Crippen molar-refractivity contribution >= 4 is 16.7 Å². The van der Waals surface area contributed by atoms with Crippen molar-refractivity contribution in [3.63, 3.8) is 0 Å². The highest BCUT2D eigenvalue weighted by Gasteiger charge is 2.37. The molecular formula is C6H11NO4S. The van der Waals surface area contributed by atoms with Crippen LogP contribution in [0.3, 0.4) is 0 Å². The van der Waals surface area contributed by atoms with Gasteiger partial charge in [0.2, 0.25) is 4.87 Å². The molecule has 0 rings (SSSR count). The lowest BCUT2D eigenvalue weighted by atomic mass is 10.2. The number of esters is 1. The number of ether oxygens (including phenoxy) is 1. The quantitative estimate of drug-likeness (QED) is 0.340. The van der Waals surface area contributed by atoms with Crippen molar-refractivity contribution in [2.24, 2.45) is 5.73 Å². The Morgan fingerprint density at radius 1 is 1.75 bits per heavy atom. The van der Waals surface area contributed by atoms with Gasteiger partial charge in [-0.25, -0.2) is 13.2 Å². The van der Waals surface area contributed by atoms with Crippen LogP contribution in [-0.4, -0.2) is 26.4 Å². The van der Waals surface area contributed by atoms with E-state index < -0.39 is 21.5 Å². The second-order valence-electron chi connectivity index (χ2n) is 2.17. The van der Waals surface area contributed by atoms with Crippen LogP contribution >= 0.6 is 0 Å². The monoisotopic (exact) mass is 193 g/mol. The van der Waals surface area contributed by atoms with Crippen LogP contribution in [0, 0.1) is 0 Å². The van der Waals surface area contributed by atoms with Gasteiger partial charge in [0.05, 0.1) is 7.11 Å². The molecule has 0 radical (unpaired) electrons. The van der Waals surface area contributed by atoms with E-state index in [1.54, 1.807) is 0 Å². The predicted molar refractivity (Wildman–Crippen MR) is 44.1 cm³/mol. The molecule has 0 aromatic heterocycles. The molecule has 0 fully saturated rings. The molecule has 5 nitrogen and oxygen atoms in total. The Morgan fingerprint density at radius 3 is 2.50 bits per heavy atom. The van der Waals surface area contributed by atoms with Crippen molar-refractivity contribution < 1.29 is 17.9 Å². The predicted octanol–water partition coefficient (Wildman–Crippen LogP) is -0.998. The highest BCUT2D eigenvalue weighted by Crippen LogP contribution is 2.10. The van der Waals surface area contributed by atoms with E-state index >= 15 is 0 Å². The fourth-order valence-electron chi connectivity index (χ4n) is 0.629. The third-order valence-corrected chi connectivity index (χ3v) is 2.34. The molecule has 12 heavy (non-hydrogen) atoms. The van der Waals surface area contributed by atoms with Gasteiger partial charge in [-0.3, -0.25) is 0 Å². The maximum absolute atomic E-state index is 10.9. The van der Waals surface area contributed by atoms with E-state index in [4.69, 9.17) is 5.73 Å². The minimum absolute atomic E-state index is 0.154. The summed E-state index contributed by atoms with van der Waals surface area (Å²) in [5, 5.41) is 0. The molecule has 0 aromatic rings. The molecule has 0 aromatic carbocycles. The highest BCUT2D eigenvalue weighted by molar-refractivity contribution is 7.75. The number of nitrogens with two attached hydrogens (primary N) is 1. The maximum atomic E-state index is 10.9. The van der Waals surface area contributed by atoms with E-state index in [-0.39, 0.29) is 6.42 Å². The van der Waals surface area contributed by atoms with Crippen molar-refractivity contribution in [3.8, 4) is 0 Å². The van der Waals surface area contributed by atoms with Crippen LogP contribution < -0.4 is 5.73 Å². The standard InChI is InChI=1S/C6H11NO4S/c1-3-4-6(7,12(9)10)5(8)11-2/h3,12H,1,4,7H2,2H3. The lowest BCUT2D eigenvalue weighted by Crippen LogP contribution is -2.49. The number of carbonyl (C=O) groups is 1. The summed E-state index contributed by atoms with van der Waals surface area (Å²) in [5.41, 5.74) is 5.26. The van der Waals surface area contributed by atoms with Gasteiger partial charge in [-0.1, -0.05) is 6.08 Å². The number of hydrogen-bond acceptors (Lipinski definition) is 5. The molecule has 0 saturated heterocycles. The van der Waals surface area contributed by atoms with Crippen molar-refractivity contribution in [1.82, 2.24) is 0 Å². The lowest BCUT2D eigenvalue weighted by Gasteiger charge is -2.17. The Hall–Kier alpha value is -0.880. The zero-order valence-electron chi connectivity index (χ0n) is 6.65. The summed E-state index contributed by atoms with van der Waals surface area (Å²) in [6.07, 6.45) is 1.10. The van der Waals surface area contributed by atoms with Gasteiger partial charge in [0.25, 0.3) is 0 Å². The molecule has 0 aliphatic heterocycles. The van der Waals surface area contributed by atoms with E-state index in [1.165, 1.54) is 6.08 Å². The van der Waals surface area contributed by atoms with Crippen LogP contribution in [0.25, 0.3) is 0 Å². The van der Waals surface area contributed by atoms with Gasteiger partial charge in [0.1, 0.15) is 0 Å². The maximum Gasteiger partial charge on any atom is 0.341 e. The Bertz CT molecular complexity index is 252. The molecule has 6 heteroatoms. The van der Waals surface area contributed by atoms with Gasteiger partial charge in [0, 0.05) is 6.42 Å². The first kappa shape index (κ1) is 11.1. The lowest BCUT2D eigenvalue weighted by molar-refractivity contribution is -0.143. The molecule has 70 valence electrons. The summed E-state index contributed by atoms with van der Waals surface area (Å²) < 4.78 is 25.4. The third kappa shape index (κ3) is 2.05. The smallest absolute Gasteiger partial charge is 0.341 e. The Morgan fingerprint density at radius 2 is 2.25 bits per heavy atom. The van der Waals surface area contributed by atoms with E-state index in [9.17, 15) is 13.2 Å².